The highest BCUT2D eigenvalue weighted by Gasteiger charge is 2.12. The van der Waals surface area contributed by atoms with Gasteiger partial charge in [0, 0.05) is 0 Å². The molecule has 0 saturated heterocycles. The summed E-state index contributed by atoms with van der Waals surface area (Å²) in [7, 11) is 1.58. The largest absolute Gasteiger partial charge is 0.493 e. The number of rotatable bonds is 6. The minimum Gasteiger partial charge on any atom is -0.493 e. The number of hydrogen-bond acceptors (Lipinski definition) is 3. The van der Waals surface area contributed by atoms with Crippen molar-refractivity contribution in [2.45, 2.75) is 13.5 Å². The lowest BCUT2D eigenvalue weighted by Gasteiger charge is -2.14. The summed E-state index contributed by atoms with van der Waals surface area (Å²) in [6.45, 7) is 2.31. The third kappa shape index (κ3) is 5.36. The number of allylic oxidation sites excluding steroid dienone is 1. The van der Waals surface area contributed by atoms with E-state index in [1.54, 1.807) is 19.2 Å². The molecule has 0 aliphatic heterocycles. The summed E-state index contributed by atoms with van der Waals surface area (Å²) >= 11 is 2.18. The van der Waals surface area contributed by atoms with Crippen LogP contribution < -0.4 is 9.47 Å². The summed E-state index contributed by atoms with van der Waals surface area (Å²) in [5, 5.41) is 9.59. The Morgan fingerprint density at radius 2 is 1.79 bits per heavy atom. The average Bonchev–Trinajstić information content (AvgIpc) is 2.72. The summed E-state index contributed by atoms with van der Waals surface area (Å²) < 4.78 is 25.4. The van der Waals surface area contributed by atoms with Gasteiger partial charge in [0.1, 0.15) is 12.4 Å². The summed E-state index contributed by atoms with van der Waals surface area (Å²) in [5.41, 5.74) is 4.29. The molecule has 3 nitrogen and oxygen atoms in total. The van der Waals surface area contributed by atoms with E-state index < -0.39 is 0 Å². The van der Waals surface area contributed by atoms with Gasteiger partial charge in [0.25, 0.3) is 0 Å². The number of nitrogens with zero attached hydrogens (tertiary/aromatic N) is 1. The minimum atomic E-state index is -0.279. The van der Waals surface area contributed by atoms with Gasteiger partial charge in [-0.15, -0.1) is 0 Å². The second-order valence-corrected chi connectivity index (χ2v) is 7.65. The van der Waals surface area contributed by atoms with Crippen LogP contribution in [0.4, 0.5) is 4.39 Å². The molecule has 0 fully saturated rings. The molecule has 0 N–H and O–H groups in total. The zero-order valence-corrected chi connectivity index (χ0v) is 18.2. The standard InChI is InChI=1S/C24H19FINO2/c1-16-3-7-19(8-4-16)20(14-27)11-18-12-22(26)24(23(13-18)28-2)29-15-17-5-9-21(25)10-6-17/h3-13H,15H2,1-2H3/b20-11+. The fourth-order valence-corrected chi connectivity index (χ4v) is 3.56. The van der Waals surface area contributed by atoms with Crippen LogP contribution >= 0.6 is 22.6 Å². The van der Waals surface area contributed by atoms with Crippen LogP contribution in [0.3, 0.4) is 0 Å². The molecule has 3 rings (SSSR count). The number of aryl methyl sites for hydroxylation is 1. The third-order valence-corrected chi connectivity index (χ3v) is 5.14. The van der Waals surface area contributed by atoms with E-state index >= 15 is 0 Å². The van der Waals surface area contributed by atoms with Crippen LogP contribution in [0.2, 0.25) is 0 Å². The van der Waals surface area contributed by atoms with Crippen LogP contribution in [-0.2, 0) is 6.61 Å². The fraction of sp³-hybridized carbons (Fsp3) is 0.125. The van der Waals surface area contributed by atoms with Gasteiger partial charge in [0.2, 0.25) is 0 Å². The van der Waals surface area contributed by atoms with Crippen molar-refractivity contribution in [1.82, 2.24) is 0 Å². The van der Waals surface area contributed by atoms with E-state index in [4.69, 9.17) is 9.47 Å². The average molecular weight is 499 g/mol. The Morgan fingerprint density at radius 3 is 2.41 bits per heavy atom. The molecule has 0 aliphatic carbocycles. The Kier molecular flexibility index (Phi) is 6.89. The highest BCUT2D eigenvalue weighted by molar-refractivity contribution is 14.1. The van der Waals surface area contributed by atoms with Gasteiger partial charge in [-0.05, 0) is 76.5 Å². The van der Waals surface area contributed by atoms with Crippen LogP contribution in [0.15, 0.2) is 60.7 Å². The van der Waals surface area contributed by atoms with Crippen molar-refractivity contribution in [3.05, 3.63) is 92.3 Å². The molecular formula is C24H19FINO2. The fourth-order valence-electron chi connectivity index (χ4n) is 2.78. The Morgan fingerprint density at radius 1 is 1.10 bits per heavy atom. The van der Waals surface area contributed by atoms with Crippen molar-refractivity contribution in [2.75, 3.05) is 7.11 Å². The molecule has 0 radical (unpaired) electrons. The van der Waals surface area contributed by atoms with Crippen LogP contribution in [0.25, 0.3) is 11.6 Å². The molecule has 0 amide bonds. The number of ether oxygens (including phenoxy) is 2. The maximum atomic E-state index is 13.1. The summed E-state index contributed by atoms with van der Waals surface area (Å²) in [4.78, 5) is 0. The lowest BCUT2D eigenvalue weighted by Crippen LogP contribution is -2.00. The topological polar surface area (TPSA) is 42.2 Å². The van der Waals surface area contributed by atoms with Crippen LogP contribution in [0, 0.1) is 27.6 Å². The van der Waals surface area contributed by atoms with E-state index in [2.05, 4.69) is 28.7 Å². The van der Waals surface area contributed by atoms with Crippen LogP contribution in [0.5, 0.6) is 11.5 Å². The number of methoxy groups -OCH3 is 1. The SMILES string of the molecule is COc1cc(/C=C(\C#N)c2ccc(C)cc2)cc(I)c1OCc1ccc(F)cc1. The first-order valence-corrected chi connectivity index (χ1v) is 10.0. The van der Waals surface area contributed by atoms with Gasteiger partial charge in [-0.2, -0.15) is 5.26 Å². The van der Waals surface area contributed by atoms with E-state index in [-0.39, 0.29) is 5.82 Å². The summed E-state index contributed by atoms with van der Waals surface area (Å²) in [5.74, 6) is 0.911. The molecule has 0 atom stereocenters. The van der Waals surface area contributed by atoms with Crippen molar-refractivity contribution in [1.29, 1.82) is 5.26 Å². The lowest BCUT2D eigenvalue weighted by atomic mass is 10.0. The van der Waals surface area contributed by atoms with Gasteiger partial charge in [-0.3, -0.25) is 0 Å². The molecule has 0 aromatic heterocycles. The molecule has 0 spiro atoms. The molecule has 0 aliphatic rings. The third-order valence-electron chi connectivity index (χ3n) is 4.34. The Labute approximate surface area is 183 Å². The van der Waals surface area contributed by atoms with Crippen molar-refractivity contribution < 1.29 is 13.9 Å². The first-order chi connectivity index (χ1) is 14.0. The maximum Gasteiger partial charge on any atom is 0.174 e. The van der Waals surface area contributed by atoms with Crippen molar-refractivity contribution in [3.8, 4) is 17.6 Å². The summed E-state index contributed by atoms with van der Waals surface area (Å²) in [6, 6.07) is 20.1. The van der Waals surface area contributed by atoms with Crippen molar-refractivity contribution >= 4 is 34.2 Å². The highest BCUT2D eigenvalue weighted by Crippen LogP contribution is 2.35. The lowest BCUT2D eigenvalue weighted by molar-refractivity contribution is 0.282. The Bertz CT molecular complexity index is 1070. The molecule has 0 unspecified atom stereocenters. The van der Waals surface area contributed by atoms with Gasteiger partial charge < -0.3 is 9.47 Å². The van der Waals surface area contributed by atoms with E-state index in [1.165, 1.54) is 12.1 Å². The molecule has 3 aromatic rings. The van der Waals surface area contributed by atoms with Crippen molar-refractivity contribution in [2.24, 2.45) is 0 Å². The summed E-state index contributed by atoms with van der Waals surface area (Å²) in [6.07, 6.45) is 1.83. The predicted molar refractivity (Wildman–Crippen MR) is 121 cm³/mol. The van der Waals surface area contributed by atoms with E-state index in [0.717, 1.165) is 25.8 Å². The monoisotopic (exact) mass is 499 g/mol. The minimum absolute atomic E-state index is 0.279. The molecule has 5 heteroatoms. The molecule has 146 valence electrons. The Hall–Kier alpha value is -2.85. The number of hydrogen-bond donors (Lipinski definition) is 0. The Balaban J connectivity index is 1.88. The number of benzene rings is 3. The second-order valence-electron chi connectivity index (χ2n) is 6.49. The molecule has 0 bridgehead atoms. The highest BCUT2D eigenvalue weighted by atomic mass is 127. The predicted octanol–water partition coefficient (Wildman–Crippen LogP) is 6.39. The van der Waals surface area contributed by atoms with Gasteiger partial charge in [-0.25, -0.2) is 4.39 Å². The molecule has 0 heterocycles. The van der Waals surface area contributed by atoms with Gasteiger partial charge in [-0.1, -0.05) is 42.0 Å². The smallest absolute Gasteiger partial charge is 0.174 e. The number of halogens is 2. The molecule has 0 saturated carbocycles. The normalized spacial score (nSPS) is 11.1. The molecule has 3 aromatic carbocycles. The second kappa shape index (κ2) is 9.57. The van der Waals surface area contributed by atoms with E-state index in [0.29, 0.717) is 23.7 Å². The first kappa shape index (κ1) is 20.9. The van der Waals surface area contributed by atoms with Crippen LogP contribution in [-0.4, -0.2) is 7.11 Å². The maximum absolute atomic E-state index is 13.1. The van der Waals surface area contributed by atoms with Crippen molar-refractivity contribution in [3.63, 3.8) is 0 Å². The van der Waals surface area contributed by atoms with E-state index in [1.807, 2.05) is 49.4 Å². The van der Waals surface area contributed by atoms with Gasteiger partial charge in [0.05, 0.1) is 22.3 Å². The van der Waals surface area contributed by atoms with Gasteiger partial charge >= 0.3 is 0 Å². The molecular weight excluding hydrogens is 480 g/mol. The quantitative estimate of drug-likeness (QED) is 0.224. The zero-order chi connectivity index (χ0) is 20.8. The van der Waals surface area contributed by atoms with E-state index in [9.17, 15) is 9.65 Å². The number of nitriles is 1. The van der Waals surface area contributed by atoms with Gasteiger partial charge in [0.15, 0.2) is 11.5 Å². The zero-order valence-electron chi connectivity index (χ0n) is 16.1. The molecule has 29 heavy (non-hydrogen) atoms. The van der Waals surface area contributed by atoms with Crippen LogP contribution in [0.1, 0.15) is 22.3 Å². The first-order valence-electron chi connectivity index (χ1n) is 8.94.